The van der Waals surface area contributed by atoms with E-state index in [0.717, 1.165) is 12.0 Å². The largest absolute Gasteiger partial charge is 0.478 e. The van der Waals surface area contributed by atoms with Crippen molar-refractivity contribution in [3.63, 3.8) is 0 Å². The SMILES string of the molecule is CCC(C)(C)C(=O)NCc1cccc(C(=O)O)c1. The summed E-state index contributed by atoms with van der Waals surface area (Å²) in [5.74, 6) is -0.984. The van der Waals surface area contributed by atoms with Crippen LogP contribution in [-0.2, 0) is 11.3 Å². The minimum atomic E-state index is -0.961. The standard InChI is InChI=1S/C14H19NO3/c1-4-14(2,3)13(18)15-9-10-6-5-7-11(8-10)12(16)17/h5-8H,4,9H2,1-3H3,(H,15,18)(H,16,17). The molecule has 0 aromatic heterocycles. The van der Waals surface area contributed by atoms with E-state index in [0.29, 0.717) is 6.54 Å². The van der Waals surface area contributed by atoms with Crippen LogP contribution in [0.3, 0.4) is 0 Å². The molecule has 0 aliphatic heterocycles. The second-order valence-corrected chi connectivity index (χ2v) is 4.93. The lowest BCUT2D eigenvalue weighted by molar-refractivity contribution is -0.129. The lowest BCUT2D eigenvalue weighted by Gasteiger charge is -2.21. The average Bonchev–Trinajstić information content (AvgIpc) is 2.36. The molecule has 4 heteroatoms. The van der Waals surface area contributed by atoms with Crippen molar-refractivity contribution >= 4 is 11.9 Å². The molecule has 0 saturated heterocycles. The predicted octanol–water partition coefficient (Wildman–Crippen LogP) is 2.44. The summed E-state index contributed by atoms with van der Waals surface area (Å²) in [6.45, 7) is 6.08. The van der Waals surface area contributed by atoms with Crippen molar-refractivity contribution < 1.29 is 14.7 Å². The number of carbonyl (C=O) groups excluding carboxylic acids is 1. The summed E-state index contributed by atoms with van der Waals surface area (Å²) in [5, 5.41) is 11.7. The number of benzene rings is 1. The molecule has 0 heterocycles. The lowest BCUT2D eigenvalue weighted by atomic mass is 9.89. The molecule has 0 fully saturated rings. The molecular formula is C14H19NO3. The fourth-order valence-corrected chi connectivity index (χ4v) is 1.40. The van der Waals surface area contributed by atoms with Gasteiger partial charge in [0, 0.05) is 12.0 Å². The number of amides is 1. The van der Waals surface area contributed by atoms with Crippen molar-refractivity contribution in [3.8, 4) is 0 Å². The Kier molecular flexibility index (Phi) is 4.48. The summed E-state index contributed by atoms with van der Waals surface area (Å²) < 4.78 is 0. The zero-order valence-corrected chi connectivity index (χ0v) is 11.0. The molecule has 1 rings (SSSR count). The normalized spacial score (nSPS) is 11.1. The second kappa shape index (κ2) is 5.67. The Morgan fingerprint density at radius 3 is 2.56 bits per heavy atom. The molecule has 98 valence electrons. The second-order valence-electron chi connectivity index (χ2n) is 4.93. The van der Waals surface area contributed by atoms with Crippen molar-refractivity contribution in [1.82, 2.24) is 5.32 Å². The van der Waals surface area contributed by atoms with Gasteiger partial charge in [-0.2, -0.15) is 0 Å². The highest BCUT2D eigenvalue weighted by atomic mass is 16.4. The molecule has 0 bridgehead atoms. The third-order valence-electron chi connectivity index (χ3n) is 3.13. The van der Waals surface area contributed by atoms with Gasteiger partial charge in [0.1, 0.15) is 0 Å². The molecule has 0 aliphatic carbocycles. The van der Waals surface area contributed by atoms with Crippen LogP contribution in [-0.4, -0.2) is 17.0 Å². The number of hydrogen-bond acceptors (Lipinski definition) is 2. The first kappa shape index (κ1) is 14.2. The monoisotopic (exact) mass is 249 g/mol. The number of carboxylic acids is 1. The molecule has 1 amide bonds. The lowest BCUT2D eigenvalue weighted by Crippen LogP contribution is -2.36. The zero-order chi connectivity index (χ0) is 13.8. The number of nitrogens with one attached hydrogen (secondary N) is 1. The van der Waals surface area contributed by atoms with Gasteiger partial charge in [-0.05, 0) is 24.1 Å². The van der Waals surface area contributed by atoms with Gasteiger partial charge in [-0.15, -0.1) is 0 Å². The van der Waals surface area contributed by atoms with Gasteiger partial charge in [-0.1, -0.05) is 32.9 Å². The van der Waals surface area contributed by atoms with Crippen LogP contribution in [0, 0.1) is 5.41 Å². The maximum atomic E-state index is 11.9. The minimum Gasteiger partial charge on any atom is -0.478 e. The van der Waals surface area contributed by atoms with Gasteiger partial charge in [0.15, 0.2) is 0 Å². The number of carboxylic acid groups (broad SMARTS) is 1. The van der Waals surface area contributed by atoms with Gasteiger partial charge in [-0.25, -0.2) is 4.79 Å². The molecule has 18 heavy (non-hydrogen) atoms. The molecule has 0 aliphatic rings. The Bertz CT molecular complexity index is 452. The van der Waals surface area contributed by atoms with Crippen LogP contribution < -0.4 is 5.32 Å². The van der Waals surface area contributed by atoms with Gasteiger partial charge in [0.05, 0.1) is 5.56 Å². The maximum Gasteiger partial charge on any atom is 0.335 e. The Morgan fingerprint density at radius 2 is 2.00 bits per heavy atom. The van der Waals surface area contributed by atoms with Gasteiger partial charge in [-0.3, -0.25) is 4.79 Å². The van der Waals surface area contributed by atoms with E-state index in [1.54, 1.807) is 18.2 Å². The van der Waals surface area contributed by atoms with Crippen molar-refractivity contribution in [2.45, 2.75) is 33.7 Å². The summed E-state index contributed by atoms with van der Waals surface area (Å²) in [5.41, 5.74) is 0.622. The number of rotatable bonds is 5. The summed E-state index contributed by atoms with van der Waals surface area (Å²) in [4.78, 5) is 22.7. The molecule has 0 saturated carbocycles. The third kappa shape index (κ3) is 3.58. The topological polar surface area (TPSA) is 66.4 Å². The maximum absolute atomic E-state index is 11.9. The van der Waals surface area contributed by atoms with E-state index in [1.807, 2.05) is 20.8 Å². The van der Waals surface area contributed by atoms with Crippen molar-refractivity contribution in [1.29, 1.82) is 0 Å². The fraction of sp³-hybridized carbons (Fsp3) is 0.429. The van der Waals surface area contributed by atoms with E-state index in [9.17, 15) is 9.59 Å². The highest BCUT2D eigenvalue weighted by molar-refractivity contribution is 5.87. The molecule has 2 N–H and O–H groups in total. The van der Waals surface area contributed by atoms with Crippen LogP contribution in [0.2, 0.25) is 0 Å². The van der Waals surface area contributed by atoms with E-state index < -0.39 is 11.4 Å². The van der Waals surface area contributed by atoms with Gasteiger partial charge < -0.3 is 10.4 Å². The van der Waals surface area contributed by atoms with Crippen molar-refractivity contribution in [3.05, 3.63) is 35.4 Å². The Balaban J connectivity index is 2.67. The average molecular weight is 249 g/mol. The highest BCUT2D eigenvalue weighted by Crippen LogP contribution is 2.19. The molecule has 0 spiro atoms. The Morgan fingerprint density at radius 1 is 1.33 bits per heavy atom. The summed E-state index contributed by atoms with van der Waals surface area (Å²) in [7, 11) is 0. The van der Waals surface area contributed by atoms with E-state index in [-0.39, 0.29) is 11.5 Å². The summed E-state index contributed by atoms with van der Waals surface area (Å²) >= 11 is 0. The molecule has 4 nitrogen and oxygen atoms in total. The molecule has 0 atom stereocenters. The van der Waals surface area contributed by atoms with Crippen LogP contribution in [0.25, 0.3) is 0 Å². The molecular weight excluding hydrogens is 230 g/mol. The Hall–Kier alpha value is -1.84. The smallest absolute Gasteiger partial charge is 0.335 e. The number of aromatic carboxylic acids is 1. The molecule has 0 unspecified atom stereocenters. The van der Waals surface area contributed by atoms with Gasteiger partial charge in [0.2, 0.25) is 5.91 Å². The van der Waals surface area contributed by atoms with E-state index >= 15 is 0 Å². The van der Waals surface area contributed by atoms with E-state index in [4.69, 9.17) is 5.11 Å². The van der Waals surface area contributed by atoms with Crippen molar-refractivity contribution in [2.24, 2.45) is 5.41 Å². The van der Waals surface area contributed by atoms with Gasteiger partial charge >= 0.3 is 5.97 Å². The van der Waals surface area contributed by atoms with Crippen molar-refractivity contribution in [2.75, 3.05) is 0 Å². The minimum absolute atomic E-state index is 0.0225. The van der Waals surface area contributed by atoms with Crippen LogP contribution in [0.4, 0.5) is 0 Å². The first-order valence-corrected chi connectivity index (χ1v) is 5.97. The van der Waals surface area contributed by atoms with Crippen LogP contribution in [0.5, 0.6) is 0 Å². The quantitative estimate of drug-likeness (QED) is 0.842. The van der Waals surface area contributed by atoms with Crippen LogP contribution >= 0.6 is 0 Å². The molecule has 0 radical (unpaired) electrons. The molecule has 1 aromatic rings. The summed E-state index contributed by atoms with van der Waals surface area (Å²) in [6, 6.07) is 6.58. The van der Waals surface area contributed by atoms with E-state index in [2.05, 4.69) is 5.32 Å². The molecule has 1 aromatic carbocycles. The number of carbonyl (C=O) groups is 2. The fourth-order valence-electron chi connectivity index (χ4n) is 1.40. The van der Waals surface area contributed by atoms with Crippen LogP contribution in [0.1, 0.15) is 43.1 Å². The van der Waals surface area contributed by atoms with Gasteiger partial charge in [0.25, 0.3) is 0 Å². The highest BCUT2D eigenvalue weighted by Gasteiger charge is 2.24. The Labute approximate surface area is 107 Å². The zero-order valence-electron chi connectivity index (χ0n) is 11.0. The third-order valence-corrected chi connectivity index (χ3v) is 3.13. The van der Waals surface area contributed by atoms with Crippen LogP contribution in [0.15, 0.2) is 24.3 Å². The first-order chi connectivity index (χ1) is 8.36. The first-order valence-electron chi connectivity index (χ1n) is 5.97. The van der Waals surface area contributed by atoms with E-state index in [1.165, 1.54) is 6.07 Å². The predicted molar refractivity (Wildman–Crippen MR) is 69.3 cm³/mol. The summed E-state index contributed by atoms with van der Waals surface area (Å²) in [6.07, 6.45) is 0.758. The number of hydrogen-bond donors (Lipinski definition) is 2.